The lowest BCUT2D eigenvalue weighted by atomic mass is 10.1. The Hall–Kier alpha value is -3.11. The summed E-state index contributed by atoms with van der Waals surface area (Å²) in [6.07, 6.45) is 4.47. The van der Waals surface area contributed by atoms with Gasteiger partial charge in [0.05, 0.1) is 33.8 Å². The minimum atomic E-state index is -0.0397. The molecule has 33 heavy (non-hydrogen) atoms. The Labute approximate surface area is 198 Å². The number of hydrogen-bond acceptors (Lipinski definition) is 2. The van der Waals surface area contributed by atoms with Crippen LogP contribution >= 0.6 is 0 Å². The van der Waals surface area contributed by atoms with E-state index in [0.717, 1.165) is 42.6 Å². The van der Waals surface area contributed by atoms with Gasteiger partial charge in [-0.15, -0.1) is 0 Å². The van der Waals surface area contributed by atoms with E-state index in [0.29, 0.717) is 18.7 Å². The highest BCUT2D eigenvalue weighted by molar-refractivity contribution is 5.94. The molecule has 0 aliphatic carbocycles. The van der Waals surface area contributed by atoms with Gasteiger partial charge in [0.2, 0.25) is 0 Å². The molecule has 174 valence electrons. The van der Waals surface area contributed by atoms with Crippen molar-refractivity contribution in [2.75, 3.05) is 33.8 Å². The van der Waals surface area contributed by atoms with E-state index in [1.165, 1.54) is 17.5 Å². The molecular formula is C29H37N2O2+. The van der Waals surface area contributed by atoms with Crippen molar-refractivity contribution in [3.8, 4) is 5.75 Å². The van der Waals surface area contributed by atoms with Crippen molar-refractivity contribution in [3.63, 3.8) is 0 Å². The van der Waals surface area contributed by atoms with Gasteiger partial charge in [-0.2, -0.15) is 0 Å². The summed E-state index contributed by atoms with van der Waals surface area (Å²) in [5, 5.41) is 3.04. The zero-order valence-corrected chi connectivity index (χ0v) is 20.0. The van der Waals surface area contributed by atoms with Crippen molar-refractivity contribution >= 4 is 5.91 Å². The van der Waals surface area contributed by atoms with Crippen molar-refractivity contribution in [1.82, 2.24) is 5.32 Å². The number of rotatable bonds is 13. The van der Waals surface area contributed by atoms with Gasteiger partial charge in [0, 0.05) is 11.1 Å². The number of carbonyl (C=O) groups excluding carboxylic acids is 1. The van der Waals surface area contributed by atoms with Crippen LogP contribution in [-0.4, -0.2) is 44.2 Å². The second-order valence-electron chi connectivity index (χ2n) is 9.23. The summed E-state index contributed by atoms with van der Waals surface area (Å²) in [6.45, 7) is 3.15. The summed E-state index contributed by atoms with van der Waals surface area (Å²) in [6, 6.07) is 28.5. The molecule has 1 N–H and O–H groups in total. The first-order chi connectivity index (χ1) is 16.0. The van der Waals surface area contributed by atoms with Crippen molar-refractivity contribution in [2.45, 2.75) is 32.2 Å². The molecule has 0 unspecified atom stereocenters. The molecule has 1 amide bonds. The number of unbranched alkanes of at least 4 members (excludes halogenated alkanes) is 2. The molecule has 0 aliphatic heterocycles. The van der Waals surface area contributed by atoms with Crippen LogP contribution in [0.4, 0.5) is 0 Å². The van der Waals surface area contributed by atoms with Gasteiger partial charge in [-0.05, 0) is 55.5 Å². The lowest BCUT2D eigenvalue weighted by molar-refractivity contribution is -0.902. The number of amides is 1. The van der Waals surface area contributed by atoms with Gasteiger partial charge in [0.15, 0.2) is 0 Å². The zero-order valence-electron chi connectivity index (χ0n) is 20.0. The van der Waals surface area contributed by atoms with Crippen molar-refractivity contribution < 1.29 is 14.0 Å². The number of hydrogen-bond donors (Lipinski definition) is 1. The predicted octanol–water partition coefficient (Wildman–Crippen LogP) is 5.48. The number of carbonyl (C=O) groups is 1. The number of ether oxygens (including phenoxy) is 1. The van der Waals surface area contributed by atoms with Crippen molar-refractivity contribution in [1.29, 1.82) is 0 Å². The average Bonchev–Trinajstić information content (AvgIpc) is 2.82. The number of likely N-dealkylation sites (N-methyl/N-ethyl adjacent to an activating group) is 1. The Bertz CT molecular complexity index is 954. The molecule has 0 bridgehead atoms. The summed E-state index contributed by atoms with van der Waals surface area (Å²) in [7, 11) is 4.37. The van der Waals surface area contributed by atoms with Crippen LogP contribution in [0.15, 0.2) is 84.9 Å². The quantitative estimate of drug-likeness (QED) is 0.279. The van der Waals surface area contributed by atoms with Crippen molar-refractivity contribution in [2.24, 2.45) is 0 Å². The molecule has 0 heterocycles. The van der Waals surface area contributed by atoms with Gasteiger partial charge in [-0.3, -0.25) is 4.79 Å². The highest BCUT2D eigenvalue weighted by atomic mass is 16.5. The zero-order chi connectivity index (χ0) is 23.4. The molecule has 0 fully saturated rings. The molecule has 3 rings (SSSR count). The van der Waals surface area contributed by atoms with E-state index < -0.39 is 0 Å². The fourth-order valence-corrected chi connectivity index (χ4v) is 3.88. The maximum atomic E-state index is 12.5. The summed E-state index contributed by atoms with van der Waals surface area (Å²) < 4.78 is 6.66. The standard InChI is InChI=1S/C29H36N2O2/c1-31(2,24-26-15-8-4-9-16-26)22-21-30-29(32)27-17-19-28(20-18-27)33-23-11-5-10-14-25-12-6-3-7-13-25/h3-4,6-9,12-13,15-20H,5,10-11,14,21-24H2,1-2H3/p+1. The molecule has 0 atom stereocenters. The van der Waals surface area contributed by atoms with E-state index in [1.807, 2.05) is 30.3 Å². The third-order valence-electron chi connectivity index (χ3n) is 5.79. The van der Waals surface area contributed by atoms with E-state index in [2.05, 4.69) is 74.0 Å². The second kappa shape index (κ2) is 12.8. The molecule has 0 aliphatic rings. The van der Waals surface area contributed by atoms with Gasteiger partial charge in [0.25, 0.3) is 5.91 Å². The molecule has 3 aromatic carbocycles. The number of quaternary nitrogens is 1. The summed E-state index contributed by atoms with van der Waals surface area (Å²) in [5.74, 6) is 0.775. The monoisotopic (exact) mass is 445 g/mol. The topological polar surface area (TPSA) is 38.3 Å². The van der Waals surface area contributed by atoms with Crippen LogP contribution in [0.2, 0.25) is 0 Å². The summed E-state index contributed by atoms with van der Waals surface area (Å²) in [5.41, 5.74) is 3.37. The first kappa shape index (κ1) is 24.5. The Morgan fingerprint density at radius 3 is 2.09 bits per heavy atom. The Kier molecular flexibility index (Phi) is 9.52. The van der Waals surface area contributed by atoms with Crippen molar-refractivity contribution in [3.05, 3.63) is 102 Å². The molecule has 0 spiro atoms. The largest absolute Gasteiger partial charge is 0.494 e. The molecule has 0 saturated carbocycles. The van der Waals surface area contributed by atoms with Crippen LogP contribution in [0.3, 0.4) is 0 Å². The van der Waals surface area contributed by atoms with Crippen LogP contribution in [0, 0.1) is 0 Å². The van der Waals surface area contributed by atoms with Gasteiger partial charge >= 0.3 is 0 Å². The Morgan fingerprint density at radius 2 is 1.42 bits per heavy atom. The normalized spacial score (nSPS) is 11.2. The van der Waals surface area contributed by atoms with E-state index in [1.54, 1.807) is 0 Å². The second-order valence-corrected chi connectivity index (χ2v) is 9.23. The SMILES string of the molecule is C[N+](C)(CCNC(=O)c1ccc(OCCCCCc2ccccc2)cc1)Cc1ccccc1. The number of aryl methyl sites for hydroxylation is 1. The van der Waals surface area contributed by atoms with Crippen LogP contribution in [0.25, 0.3) is 0 Å². The number of nitrogens with zero attached hydrogens (tertiary/aromatic N) is 1. The maximum absolute atomic E-state index is 12.5. The van der Waals surface area contributed by atoms with Gasteiger partial charge < -0.3 is 14.5 Å². The molecule has 0 saturated heterocycles. The van der Waals surface area contributed by atoms with Crippen LogP contribution in [0.5, 0.6) is 5.75 Å². The molecule has 0 radical (unpaired) electrons. The fraction of sp³-hybridized carbons (Fsp3) is 0.345. The highest BCUT2D eigenvalue weighted by Gasteiger charge is 2.16. The predicted molar refractivity (Wildman–Crippen MR) is 135 cm³/mol. The van der Waals surface area contributed by atoms with Crippen LogP contribution < -0.4 is 10.1 Å². The lowest BCUT2D eigenvalue weighted by Gasteiger charge is -2.30. The van der Waals surface area contributed by atoms with Crippen LogP contribution in [-0.2, 0) is 13.0 Å². The fourth-order valence-electron chi connectivity index (χ4n) is 3.88. The minimum Gasteiger partial charge on any atom is -0.494 e. The summed E-state index contributed by atoms with van der Waals surface area (Å²) >= 11 is 0. The highest BCUT2D eigenvalue weighted by Crippen LogP contribution is 2.14. The Morgan fingerprint density at radius 1 is 0.788 bits per heavy atom. The van der Waals surface area contributed by atoms with E-state index in [9.17, 15) is 4.79 Å². The molecule has 4 heteroatoms. The summed E-state index contributed by atoms with van der Waals surface area (Å²) in [4.78, 5) is 12.5. The molecule has 4 nitrogen and oxygen atoms in total. The van der Waals surface area contributed by atoms with Gasteiger partial charge in [-0.25, -0.2) is 0 Å². The first-order valence-electron chi connectivity index (χ1n) is 11.9. The number of benzene rings is 3. The van der Waals surface area contributed by atoms with Crippen LogP contribution in [0.1, 0.15) is 40.7 Å². The molecular weight excluding hydrogens is 408 g/mol. The van der Waals surface area contributed by atoms with Gasteiger partial charge in [-0.1, -0.05) is 60.7 Å². The smallest absolute Gasteiger partial charge is 0.251 e. The van der Waals surface area contributed by atoms with E-state index in [4.69, 9.17) is 4.74 Å². The minimum absolute atomic E-state index is 0.0397. The third kappa shape index (κ3) is 9.11. The lowest BCUT2D eigenvalue weighted by Crippen LogP contribution is -2.44. The Balaban J connectivity index is 1.31. The average molecular weight is 446 g/mol. The van der Waals surface area contributed by atoms with E-state index in [-0.39, 0.29) is 5.91 Å². The number of nitrogens with one attached hydrogen (secondary N) is 1. The first-order valence-corrected chi connectivity index (χ1v) is 11.9. The van der Waals surface area contributed by atoms with E-state index >= 15 is 0 Å². The third-order valence-corrected chi connectivity index (χ3v) is 5.79. The maximum Gasteiger partial charge on any atom is 0.251 e. The van der Waals surface area contributed by atoms with Gasteiger partial charge in [0.1, 0.15) is 12.3 Å². The molecule has 0 aromatic heterocycles. The molecule has 3 aromatic rings.